The molecular weight excluding hydrogens is 1450 g/mol. The van der Waals surface area contributed by atoms with Gasteiger partial charge in [0.25, 0.3) is 17.7 Å². The molecule has 3 aliphatic heterocycles. The molecule has 33 nitrogen and oxygen atoms in total. The van der Waals surface area contributed by atoms with E-state index in [2.05, 4.69) is 30.9 Å². The Kier molecular flexibility index (Phi) is 34.6. The first-order valence-corrected chi connectivity index (χ1v) is 36.9. The number of rotatable bonds is 36. The zero-order valence-corrected chi connectivity index (χ0v) is 64.1. The first-order chi connectivity index (χ1) is 53.5. The van der Waals surface area contributed by atoms with Crippen LogP contribution in [-0.2, 0) is 105 Å². The average Bonchev–Trinajstić information content (AvgIpc) is 1.01. The van der Waals surface area contributed by atoms with Gasteiger partial charge < -0.3 is 107 Å². The van der Waals surface area contributed by atoms with E-state index in [4.69, 9.17) is 80.5 Å². The van der Waals surface area contributed by atoms with Crippen molar-refractivity contribution in [1.82, 2.24) is 30.9 Å². The van der Waals surface area contributed by atoms with Crippen molar-refractivity contribution >= 4 is 47.6 Å². The Balaban J connectivity index is 0.861. The van der Waals surface area contributed by atoms with Gasteiger partial charge in [-0.3, -0.25) is 24.0 Å². The number of hydrogen-bond donors (Lipinski definition) is 5. The summed E-state index contributed by atoms with van der Waals surface area (Å²) < 4.78 is 100. The minimum absolute atomic E-state index is 0.00126. The Labute approximate surface area is 643 Å². The van der Waals surface area contributed by atoms with Crippen molar-refractivity contribution in [3.63, 3.8) is 0 Å². The number of benzene rings is 2. The Morgan fingerprint density at radius 3 is 1.50 bits per heavy atom. The van der Waals surface area contributed by atoms with Crippen LogP contribution in [-0.4, -0.2) is 233 Å². The van der Waals surface area contributed by atoms with Crippen LogP contribution in [0.5, 0.6) is 34.5 Å². The van der Waals surface area contributed by atoms with E-state index in [1.807, 2.05) is 61.5 Å². The molecule has 606 valence electrons. The third kappa shape index (κ3) is 26.1. The fraction of sp³-hybridized carbons (Fsp3) is 0.551. The van der Waals surface area contributed by atoms with Gasteiger partial charge in [0.1, 0.15) is 48.8 Å². The van der Waals surface area contributed by atoms with Crippen molar-refractivity contribution in [2.24, 2.45) is 11.8 Å². The molecule has 3 amide bonds. The van der Waals surface area contributed by atoms with Gasteiger partial charge in [-0.15, -0.1) is 0 Å². The van der Waals surface area contributed by atoms with Crippen molar-refractivity contribution in [2.75, 3.05) is 87.6 Å². The minimum atomic E-state index is -1.37. The summed E-state index contributed by atoms with van der Waals surface area (Å²) in [6.07, 6.45) is 0.429. The van der Waals surface area contributed by atoms with Crippen molar-refractivity contribution in [2.45, 2.75) is 180 Å². The predicted molar refractivity (Wildman–Crippen MR) is 390 cm³/mol. The lowest BCUT2D eigenvalue weighted by Gasteiger charge is -2.31. The number of aryl methyl sites for hydroxylation is 1. The molecule has 5 aromatic rings. The van der Waals surface area contributed by atoms with Crippen molar-refractivity contribution < 1.29 is 129 Å². The van der Waals surface area contributed by atoms with Gasteiger partial charge in [0, 0.05) is 63.5 Å². The summed E-state index contributed by atoms with van der Waals surface area (Å²) in [4.78, 5) is 119. The van der Waals surface area contributed by atoms with Crippen LogP contribution in [0, 0.1) is 11.8 Å². The highest BCUT2D eigenvalue weighted by atomic mass is 16.7. The molecule has 3 aromatic heterocycles. The molecule has 0 spiro atoms. The number of hydrogen-bond acceptors (Lipinski definition) is 30. The maximum atomic E-state index is 13.9. The quantitative estimate of drug-likeness (QED) is 0.0129. The minimum Gasteiger partial charge on any atom is -0.503 e. The number of pyridine rings is 3. The van der Waals surface area contributed by atoms with Crippen molar-refractivity contribution in [1.29, 1.82) is 0 Å². The maximum absolute atomic E-state index is 13.9. The third-order valence-electron chi connectivity index (χ3n) is 18.2. The van der Waals surface area contributed by atoms with Gasteiger partial charge in [0.2, 0.25) is 6.79 Å². The Hall–Kier alpha value is -9.87. The van der Waals surface area contributed by atoms with Gasteiger partial charge in [-0.05, 0) is 75.5 Å². The van der Waals surface area contributed by atoms with Gasteiger partial charge >= 0.3 is 29.8 Å². The third-order valence-corrected chi connectivity index (χ3v) is 18.2. The molecule has 0 radical (unpaired) electrons. The van der Waals surface area contributed by atoms with E-state index in [1.54, 1.807) is 34.6 Å². The smallest absolute Gasteiger partial charge is 0.331 e. The first-order valence-electron chi connectivity index (χ1n) is 36.9. The fourth-order valence-electron chi connectivity index (χ4n) is 12.1. The van der Waals surface area contributed by atoms with Crippen molar-refractivity contribution in [3.05, 3.63) is 125 Å². The number of esters is 5. The van der Waals surface area contributed by atoms with E-state index < -0.39 is 145 Å². The second-order valence-corrected chi connectivity index (χ2v) is 27.1. The Bertz CT molecular complexity index is 3850. The lowest BCUT2D eigenvalue weighted by molar-refractivity contribution is -0.183. The first kappa shape index (κ1) is 86.7. The van der Waals surface area contributed by atoms with Crippen LogP contribution in [0.15, 0.2) is 91.4 Å². The number of cyclic esters (lactones) is 3. The van der Waals surface area contributed by atoms with E-state index in [9.17, 15) is 48.6 Å². The van der Waals surface area contributed by atoms with Crippen molar-refractivity contribution in [3.8, 4) is 34.5 Å². The van der Waals surface area contributed by atoms with Crippen LogP contribution in [0.3, 0.4) is 0 Å². The number of carbonyl (C=O) groups excluding carboxylic acids is 8. The van der Waals surface area contributed by atoms with Gasteiger partial charge in [-0.2, -0.15) is 0 Å². The molecule has 3 aliphatic rings. The highest BCUT2D eigenvalue weighted by Crippen LogP contribution is 2.33. The van der Waals surface area contributed by atoms with E-state index in [0.29, 0.717) is 38.5 Å². The van der Waals surface area contributed by atoms with E-state index >= 15 is 0 Å². The molecule has 5 N–H and O–H groups in total. The molecule has 0 bridgehead atoms. The maximum Gasteiger partial charge on any atom is 0.331 e. The van der Waals surface area contributed by atoms with E-state index in [0.717, 1.165) is 23.1 Å². The summed E-state index contributed by atoms with van der Waals surface area (Å²) in [5.41, 5.74) is 1.72. The molecule has 6 heterocycles. The number of aromatic nitrogens is 3. The van der Waals surface area contributed by atoms with E-state index in [1.165, 1.54) is 65.0 Å². The number of amides is 3. The number of aromatic hydroxyl groups is 2. The normalized spacial score (nSPS) is 22.9. The van der Waals surface area contributed by atoms with Crippen LogP contribution < -0.4 is 34.9 Å². The number of methoxy groups -OCH3 is 3. The van der Waals surface area contributed by atoms with Crippen LogP contribution in [0.2, 0.25) is 0 Å². The molecule has 8 rings (SSSR count). The molecule has 111 heavy (non-hydrogen) atoms. The lowest BCUT2D eigenvalue weighted by Crippen LogP contribution is -2.47. The molecule has 0 aliphatic carbocycles. The fourth-order valence-corrected chi connectivity index (χ4v) is 12.1. The Morgan fingerprint density at radius 1 is 0.514 bits per heavy atom. The van der Waals surface area contributed by atoms with Gasteiger partial charge in [-0.25, -0.2) is 29.3 Å². The summed E-state index contributed by atoms with van der Waals surface area (Å²) in [5, 5.41) is 29.1. The molecule has 13 unspecified atom stereocenters. The van der Waals surface area contributed by atoms with Gasteiger partial charge in [-0.1, -0.05) is 88.2 Å². The number of unbranched alkanes of at least 4 members (excludes halogenated alkanes) is 3. The molecule has 3 saturated heterocycles. The monoisotopic (exact) mass is 1550 g/mol. The number of nitrogens with zero attached hydrogens (tertiary/aromatic N) is 3. The van der Waals surface area contributed by atoms with Crippen LogP contribution in [0.4, 0.5) is 0 Å². The number of ether oxygens (including phenoxy) is 17. The summed E-state index contributed by atoms with van der Waals surface area (Å²) in [6, 6.07) is 17.6. The molecule has 0 saturated carbocycles. The number of nitrogens with one attached hydrogen (secondary N) is 3. The van der Waals surface area contributed by atoms with Gasteiger partial charge in [0.05, 0.1) is 80.1 Å². The highest BCUT2D eigenvalue weighted by molar-refractivity contribution is 5.99. The zero-order valence-electron chi connectivity index (χ0n) is 64.1. The average molecular weight is 1560 g/mol. The van der Waals surface area contributed by atoms with Crippen LogP contribution in [0.1, 0.15) is 135 Å². The standard InChI is InChI=1S/C78H102N6O27/c1-45(2)75(91)111-70-49(6)110-78(94)56(84-74(90)65-71(107-44-106-50(7)85)59(97-10)28-31-81-65)40-100-43-62(70)102-32-17-12-13-20-46(3)35-104-68-47(4)108-76(92)54(82-72(88)63-66(86)57(95-8)26-29-79-63)38-98-41-60(68)101-33-18-16-21-51-24-19-25-53(34-51)37-105-69-48(5)109-77(93)55(83-73(89)64-67(87)58(96-9)27-30-80-64)39-99-42-61(69)103-36-52-22-14-11-15-23-52/h11,14-15,19,22-31,34,45-49,54-56,60-62,68-70,86-87H,12-13,16-18,20-21,32-33,35-44H2,1-10H3,(H,82,88)(H,83,89)(H,84,90). The lowest BCUT2D eigenvalue weighted by atomic mass is 10.0. The topological polar surface area (TPSA) is 409 Å². The summed E-state index contributed by atoms with van der Waals surface area (Å²) >= 11 is 0. The van der Waals surface area contributed by atoms with E-state index in [-0.39, 0.29) is 119 Å². The molecule has 2 aromatic carbocycles. The molecule has 3 fully saturated rings. The summed E-state index contributed by atoms with van der Waals surface area (Å²) in [5.74, 6) is -7.89. The second kappa shape index (κ2) is 44.2. The second-order valence-electron chi connectivity index (χ2n) is 27.1. The van der Waals surface area contributed by atoms with Crippen LogP contribution >= 0.6 is 0 Å². The predicted octanol–water partition coefficient (Wildman–Crippen LogP) is 6.20. The number of carbonyl (C=O) groups is 8. The summed E-state index contributed by atoms with van der Waals surface area (Å²) in [6.45, 7) is 10.6. The molecule has 33 heteroatoms. The van der Waals surface area contributed by atoms with Gasteiger partial charge in [0.15, 0.2) is 75.8 Å². The highest BCUT2D eigenvalue weighted by Gasteiger charge is 2.42. The molecule has 13 atom stereocenters. The molecular formula is C78H102N6O27. The summed E-state index contributed by atoms with van der Waals surface area (Å²) in [7, 11) is 3.99. The SMILES string of the molecule is COc1ccnc(C(=O)NC2COCC(OCc3ccccc3)C(OCc3cccc(CCCCOC4COCC(NC(=O)c5nccc(OC)c5O)C(=O)OC(C)C4OCC(C)CCCCCOC4COCC(NC(=O)c5nccc(OC)c5OCOC(C)=O)C(=O)OC(C)C4OC(=O)C(C)C)c3)C(C)OC2=O)c1O. The zero-order chi connectivity index (χ0) is 79.9. The van der Waals surface area contributed by atoms with Crippen LogP contribution in [0.25, 0.3) is 0 Å². The largest absolute Gasteiger partial charge is 0.503 e. The Morgan fingerprint density at radius 2 is 0.973 bits per heavy atom.